The van der Waals surface area contributed by atoms with Crippen molar-refractivity contribution in [1.82, 2.24) is 10.3 Å². The molecule has 1 aromatic carbocycles. The third-order valence-corrected chi connectivity index (χ3v) is 3.28. The van der Waals surface area contributed by atoms with Crippen molar-refractivity contribution in [3.63, 3.8) is 0 Å². The molecule has 3 heteroatoms. The molecule has 17 heavy (non-hydrogen) atoms. The molecule has 2 aromatic rings. The molecule has 2 heterocycles. The fourth-order valence-electron chi connectivity index (χ4n) is 2.45. The van der Waals surface area contributed by atoms with Crippen LogP contribution in [0.2, 0.25) is 0 Å². The Balaban J connectivity index is 2.21. The second-order valence-electron chi connectivity index (χ2n) is 4.91. The second-order valence-corrected chi connectivity index (χ2v) is 4.91. The predicted molar refractivity (Wildman–Crippen MR) is 71.8 cm³/mol. The average Bonchev–Trinajstić information content (AvgIpc) is 2.81. The Morgan fingerprint density at radius 3 is 2.82 bits per heavy atom. The first-order valence-electron chi connectivity index (χ1n) is 6.05. The highest BCUT2D eigenvalue weighted by molar-refractivity contribution is 6.11. The smallest absolute Gasteiger partial charge is 0.131 e. The van der Waals surface area contributed by atoms with Crippen LogP contribution in [0.5, 0.6) is 0 Å². The zero-order chi connectivity index (χ0) is 12.0. The summed E-state index contributed by atoms with van der Waals surface area (Å²) in [6.45, 7) is 7.26. The molecule has 3 rings (SSSR count). The number of aryl methyl sites for hydroxylation is 2. The lowest BCUT2D eigenvalue weighted by Crippen LogP contribution is -2.28. The molecule has 0 spiro atoms. The summed E-state index contributed by atoms with van der Waals surface area (Å²) in [6.07, 6.45) is 0. The van der Waals surface area contributed by atoms with E-state index in [2.05, 4.69) is 54.3 Å². The number of benzene rings is 1. The van der Waals surface area contributed by atoms with Gasteiger partial charge in [-0.05, 0) is 32.9 Å². The number of hydrogen-bond acceptors (Lipinski definition) is 2. The average molecular weight is 227 g/mol. The number of aliphatic imine (C=N–C) groups is 1. The van der Waals surface area contributed by atoms with Crippen molar-refractivity contribution in [1.29, 1.82) is 0 Å². The number of rotatable bonds is 1. The Bertz CT molecular complexity index is 607. The summed E-state index contributed by atoms with van der Waals surface area (Å²) < 4.78 is 0. The molecule has 2 N–H and O–H groups in total. The second kappa shape index (κ2) is 3.62. The third kappa shape index (κ3) is 1.62. The van der Waals surface area contributed by atoms with Gasteiger partial charge in [-0.1, -0.05) is 11.6 Å². The minimum Gasteiger partial charge on any atom is -0.365 e. The predicted octanol–water partition coefficient (Wildman–Crippen LogP) is 2.52. The van der Waals surface area contributed by atoms with E-state index in [9.17, 15) is 0 Å². The number of nitrogens with one attached hydrogen (secondary N) is 2. The van der Waals surface area contributed by atoms with E-state index in [0.29, 0.717) is 6.04 Å². The number of aromatic nitrogens is 1. The maximum atomic E-state index is 4.59. The first-order chi connectivity index (χ1) is 8.15. The van der Waals surface area contributed by atoms with E-state index in [1.54, 1.807) is 0 Å². The summed E-state index contributed by atoms with van der Waals surface area (Å²) in [5.74, 6) is 1.03. The molecule has 0 saturated carbocycles. The van der Waals surface area contributed by atoms with Crippen LogP contribution in [0.1, 0.15) is 23.7 Å². The van der Waals surface area contributed by atoms with E-state index in [1.807, 2.05) is 0 Å². The van der Waals surface area contributed by atoms with Crippen molar-refractivity contribution in [3.05, 3.63) is 35.0 Å². The van der Waals surface area contributed by atoms with Crippen LogP contribution >= 0.6 is 0 Å². The first kappa shape index (κ1) is 10.4. The van der Waals surface area contributed by atoms with Crippen LogP contribution in [0.25, 0.3) is 10.9 Å². The molecule has 0 bridgehead atoms. The van der Waals surface area contributed by atoms with Crippen LogP contribution in [0.15, 0.2) is 23.2 Å². The quantitative estimate of drug-likeness (QED) is 0.772. The molecule has 88 valence electrons. The molecule has 1 unspecified atom stereocenters. The van der Waals surface area contributed by atoms with Gasteiger partial charge >= 0.3 is 0 Å². The first-order valence-corrected chi connectivity index (χ1v) is 6.05. The van der Waals surface area contributed by atoms with Gasteiger partial charge in [0, 0.05) is 28.2 Å². The summed E-state index contributed by atoms with van der Waals surface area (Å²) in [7, 11) is 0. The van der Waals surface area contributed by atoms with E-state index < -0.39 is 0 Å². The number of aromatic amines is 1. The number of nitrogens with zero attached hydrogens (tertiary/aromatic N) is 1. The van der Waals surface area contributed by atoms with E-state index in [-0.39, 0.29) is 0 Å². The molecular weight excluding hydrogens is 210 g/mol. The van der Waals surface area contributed by atoms with Gasteiger partial charge in [-0.2, -0.15) is 0 Å². The molecule has 0 fully saturated rings. The van der Waals surface area contributed by atoms with Crippen LogP contribution < -0.4 is 5.32 Å². The Morgan fingerprint density at radius 1 is 1.29 bits per heavy atom. The van der Waals surface area contributed by atoms with Crippen LogP contribution in [-0.4, -0.2) is 23.4 Å². The van der Waals surface area contributed by atoms with Crippen LogP contribution in [0.3, 0.4) is 0 Å². The Labute approximate surface area is 101 Å². The van der Waals surface area contributed by atoms with Crippen molar-refractivity contribution in [2.24, 2.45) is 4.99 Å². The molecule has 1 aromatic heterocycles. The Morgan fingerprint density at radius 2 is 2.12 bits per heavy atom. The Hall–Kier alpha value is -1.77. The molecule has 1 aliphatic heterocycles. The zero-order valence-corrected chi connectivity index (χ0v) is 10.5. The molecule has 1 atom stereocenters. The van der Waals surface area contributed by atoms with Crippen molar-refractivity contribution in [2.75, 3.05) is 6.54 Å². The zero-order valence-electron chi connectivity index (χ0n) is 10.5. The fourth-order valence-corrected chi connectivity index (χ4v) is 2.45. The highest BCUT2D eigenvalue weighted by Crippen LogP contribution is 2.24. The number of hydrogen-bond donors (Lipinski definition) is 2. The number of amidine groups is 1. The van der Waals surface area contributed by atoms with E-state index >= 15 is 0 Å². The van der Waals surface area contributed by atoms with Crippen molar-refractivity contribution < 1.29 is 0 Å². The highest BCUT2D eigenvalue weighted by atomic mass is 15.1. The summed E-state index contributed by atoms with van der Waals surface area (Å²) in [4.78, 5) is 8.01. The summed E-state index contributed by atoms with van der Waals surface area (Å²) >= 11 is 0. The lowest BCUT2D eigenvalue weighted by molar-refractivity contribution is 0.726. The van der Waals surface area contributed by atoms with Crippen molar-refractivity contribution in [3.8, 4) is 0 Å². The molecule has 0 aliphatic carbocycles. The van der Waals surface area contributed by atoms with Crippen LogP contribution in [-0.2, 0) is 0 Å². The lowest BCUT2D eigenvalue weighted by Gasteiger charge is -2.06. The van der Waals surface area contributed by atoms with Gasteiger partial charge in [0.2, 0.25) is 0 Å². The fraction of sp³-hybridized carbons (Fsp3) is 0.357. The van der Waals surface area contributed by atoms with E-state index in [4.69, 9.17) is 0 Å². The third-order valence-electron chi connectivity index (χ3n) is 3.28. The van der Waals surface area contributed by atoms with Gasteiger partial charge in [-0.3, -0.25) is 4.99 Å². The summed E-state index contributed by atoms with van der Waals surface area (Å²) in [6, 6.07) is 6.94. The van der Waals surface area contributed by atoms with Crippen LogP contribution in [0.4, 0.5) is 0 Å². The van der Waals surface area contributed by atoms with E-state index in [1.165, 1.54) is 27.7 Å². The standard InChI is InChI=1S/C14H17N3/c1-8-4-5-12-11(6-8)13(10(3)17-12)14-15-7-9(2)16-14/h4-6,9,17H,7H2,1-3H3,(H,15,16). The number of H-pyrrole nitrogens is 1. The minimum absolute atomic E-state index is 0.444. The van der Waals surface area contributed by atoms with Gasteiger partial charge in [0.1, 0.15) is 5.84 Å². The largest absolute Gasteiger partial charge is 0.365 e. The lowest BCUT2D eigenvalue weighted by atomic mass is 10.1. The molecule has 3 nitrogen and oxygen atoms in total. The van der Waals surface area contributed by atoms with Gasteiger partial charge in [-0.15, -0.1) is 0 Å². The van der Waals surface area contributed by atoms with E-state index in [0.717, 1.165) is 12.4 Å². The topological polar surface area (TPSA) is 40.2 Å². The van der Waals surface area contributed by atoms with Crippen molar-refractivity contribution in [2.45, 2.75) is 26.8 Å². The maximum absolute atomic E-state index is 4.59. The van der Waals surface area contributed by atoms with Crippen LogP contribution in [0, 0.1) is 13.8 Å². The van der Waals surface area contributed by atoms with Gasteiger partial charge in [0.15, 0.2) is 0 Å². The normalized spacial score (nSPS) is 19.5. The molecular formula is C14H17N3. The monoisotopic (exact) mass is 227 g/mol. The molecule has 0 amide bonds. The van der Waals surface area contributed by atoms with Gasteiger partial charge in [-0.25, -0.2) is 0 Å². The highest BCUT2D eigenvalue weighted by Gasteiger charge is 2.19. The Kier molecular flexibility index (Phi) is 2.21. The SMILES string of the molecule is Cc1ccc2[nH]c(C)c(C3=NCC(C)N3)c2c1. The summed E-state index contributed by atoms with van der Waals surface area (Å²) in [5.41, 5.74) is 4.88. The molecule has 1 aliphatic rings. The minimum atomic E-state index is 0.444. The molecule has 0 saturated heterocycles. The van der Waals surface area contributed by atoms with Gasteiger partial charge < -0.3 is 10.3 Å². The van der Waals surface area contributed by atoms with Gasteiger partial charge in [0.05, 0.1) is 6.54 Å². The van der Waals surface area contributed by atoms with Crippen molar-refractivity contribution >= 4 is 16.7 Å². The van der Waals surface area contributed by atoms with Gasteiger partial charge in [0.25, 0.3) is 0 Å². The molecule has 0 radical (unpaired) electrons. The number of fused-ring (bicyclic) bond motifs is 1. The maximum Gasteiger partial charge on any atom is 0.131 e. The summed E-state index contributed by atoms with van der Waals surface area (Å²) in [5, 5.41) is 4.71.